The van der Waals surface area contributed by atoms with Crippen molar-refractivity contribution >= 4 is 29.3 Å². The van der Waals surface area contributed by atoms with Gasteiger partial charge < -0.3 is 5.32 Å². The number of aromatic nitrogens is 2. The topological polar surface area (TPSA) is 70.7 Å². The van der Waals surface area contributed by atoms with Crippen molar-refractivity contribution in [2.24, 2.45) is 0 Å². The van der Waals surface area contributed by atoms with Crippen molar-refractivity contribution in [1.29, 1.82) is 5.26 Å². The molecule has 4 rings (SSSR count). The lowest BCUT2D eigenvalue weighted by Crippen LogP contribution is -2.13. The molecule has 0 fully saturated rings. The quantitative estimate of drug-likeness (QED) is 0.328. The van der Waals surface area contributed by atoms with Crippen LogP contribution >= 0.6 is 11.6 Å². The number of halogens is 1. The number of nitrogens with zero attached hydrogens (tertiary/aromatic N) is 3. The van der Waals surface area contributed by atoms with E-state index in [1.807, 2.05) is 72.9 Å². The second kappa shape index (κ2) is 9.12. The van der Waals surface area contributed by atoms with Crippen LogP contribution in [0.15, 0.2) is 96.7 Å². The van der Waals surface area contributed by atoms with Crippen LogP contribution in [-0.4, -0.2) is 15.7 Å². The zero-order chi connectivity index (χ0) is 21.6. The average molecular weight is 425 g/mol. The summed E-state index contributed by atoms with van der Waals surface area (Å²) in [4.78, 5) is 12.7. The van der Waals surface area contributed by atoms with Crippen LogP contribution in [0.2, 0.25) is 5.02 Å². The van der Waals surface area contributed by atoms with Gasteiger partial charge in [-0.25, -0.2) is 4.68 Å². The third kappa shape index (κ3) is 4.72. The number of hydrogen-bond donors (Lipinski definition) is 1. The van der Waals surface area contributed by atoms with E-state index in [9.17, 15) is 10.1 Å². The van der Waals surface area contributed by atoms with Gasteiger partial charge in [0.15, 0.2) is 0 Å². The molecule has 1 N–H and O–H groups in total. The van der Waals surface area contributed by atoms with Gasteiger partial charge in [-0.2, -0.15) is 10.4 Å². The van der Waals surface area contributed by atoms with Gasteiger partial charge in [0.1, 0.15) is 11.6 Å². The molecule has 3 aromatic carbocycles. The Bertz CT molecular complexity index is 1270. The van der Waals surface area contributed by atoms with Crippen LogP contribution in [0.25, 0.3) is 23.0 Å². The summed E-state index contributed by atoms with van der Waals surface area (Å²) in [6, 6.07) is 28.0. The number of hydrogen-bond acceptors (Lipinski definition) is 3. The molecule has 0 aliphatic rings. The van der Waals surface area contributed by atoms with Crippen LogP contribution in [0.5, 0.6) is 0 Å². The predicted octanol–water partition coefficient (Wildman–Crippen LogP) is 5.74. The van der Waals surface area contributed by atoms with Gasteiger partial charge in [0, 0.05) is 28.0 Å². The van der Waals surface area contributed by atoms with Crippen molar-refractivity contribution in [2.45, 2.75) is 0 Å². The number of nitriles is 1. The highest BCUT2D eigenvalue weighted by Crippen LogP contribution is 2.26. The first kappa shape index (κ1) is 20.1. The van der Waals surface area contributed by atoms with Crippen LogP contribution < -0.4 is 5.32 Å². The number of para-hydroxylation sites is 1. The fourth-order valence-electron chi connectivity index (χ4n) is 3.06. The normalized spacial score (nSPS) is 11.0. The first-order valence-corrected chi connectivity index (χ1v) is 9.91. The number of amides is 1. The van der Waals surface area contributed by atoms with E-state index in [-0.39, 0.29) is 5.57 Å². The van der Waals surface area contributed by atoms with Crippen molar-refractivity contribution in [3.05, 3.63) is 107 Å². The summed E-state index contributed by atoms with van der Waals surface area (Å²) in [5, 5.41) is 17.6. The number of rotatable bonds is 5. The van der Waals surface area contributed by atoms with Gasteiger partial charge in [-0.1, -0.05) is 60.1 Å². The molecular formula is C25H17ClN4O. The molecule has 31 heavy (non-hydrogen) atoms. The summed E-state index contributed by atoms with van der Waals surface area (Å²) in [6.45, 7) is 0. The average Bonchev–Trinajstić information content (AvgIpc) is 3.24. The van der Waals surface area contributed by atoms with Crippen LogP contribution in [0, 0.1) is 11.3 Å². The maximum Gasteiger partial charge on any atom is 0.266 e. The first-order valence-electron chi connectivity index (χ1n) is 9.53. The molecule has 4 aromatic rings. The largest absolute Gasteiger partial charge is 0.321 e. The lowest BCUT2D eigenvalue weighted by molar-refractivity contribution is -0.112. The smallest absolute Gasteiger partial charge is 0.266 e. The molecule has 6 heteroatoms. The van der Waals surface area contributed by atoms with E-state index >= 15 is 0 Å². The van der Waals surface area contributed by atoms with Gasteiger partial charge in [-0.3, -0.25) is 4.79 Å². The van der Waals surface area contributed by atoms with Gasteiger partial charge in [0.2, 0.25) is 0 Å². The molecule has 0 aliphatic heterocycles. The van der Waals surface area contributed by atoms with Gasteiger partial charge in [-0.05, 0) is 42.5 Å². The second-order valence-electron chi connectivity index (χ2n) is 6.71. The molecule has 0 saturated heterocycles. The molecule has 1 aromatic heterocycles. The molecule has 1 heterocycles. The highest BCUT2D eigenvalue weighted by Gasteiger charge is 2.15. The number of anilines is 1. The maximum absolute atomic E-state index is 12.7. The van der Waals surface area contributed by atoms with Crippen LogP contribution in [-0.2, 0) is 4.79 Å². The Balaban J connectivity index is 1.73. The van der Waals surface area contributed by atoms with Crippen molar-refractivity contribution in [3.8, 4) is 23.0 Å². The summed E-state index contributed by atoms with van der Waals surface area (Å²) in [5.74, 6) is -0.503. The summed E-state index contributed by atoms with van der Waals surface area (Å²) < 4.78 is 1.74. The fraction of sp³-hybridized carbons (Fsp3) is 0. The molecule has 0 saturated carbocycles. The lowest BCUT2D eigenvalue weighted by atomic mass is 10.1. The van der Waals surface area contributed by atoms with E-state index < -0.39 is 5.91 Å². The standard InChI is InChI=1S/C25H17ClN4O/c26-21-11-13-22(14-12-21)28-25(31)19(16-27)15-20-17-30(23-9-5-2-6-10-23)29-24(20)18-7-3-1-4-8-18/h1-15,17H,(H,28,31)/b19-15+. The van der Waals surface area contributed by atoms with E-state index in [0.717, 1.165) is 11.3 Å². The minimum atomic E-state index is -0.503. The lowest BCUT2D eigenvalue weighted by Gasteiger charge is -2.04. The van der Waals surface area contributed by atoms with E-state index in [4.69, 9.17) is 16.7 Å². The Morgan fingerprint density at radius 2 is 1.61 bits per heavy atom. The molecule has 0 aliphatic carbocycles. The monoisotopic (exact) mass is 424 g/mol. The highest BCUT2D eigenvalue weighted by atomic mass is 35.5. The van der Waals surface area contributed by atoms with Gasteiger partial charge in [-0.15, -0.1) is 0 Å². The van der Waals surface area contributed by atoms with Gasteiger partial charge in [0.05, 0.1) is 11.4 Å². The molecule has 0 unspecified atom stereocenters. The number of carbonyl (C=O) groups excluding carboxylic acids is 1. The summed E-state index contributed by atoms with van der Waals surface area (Å²) in [7, 11) is 0. The molecule has 150 valence electrons. The summed E-state index contributed by atoms with van der Waals surface area (Å²) >= 11 is 5.89. The highest BCUT2D eigenvalue weighted by molar-refractivity contribution is 6.30. The zero-order valence-electron chi connectivity index (χ0n) is 16.4. The molecule has 0 bridgehead atoms. The minimum absolute atomic E-state index is 0.0280. The number of benzene rings is 3. The van der Waals surface area contributed by atoms with Crippen molar-refractivity contribution in [3.63, 3.8) is 0 Å². The van der Waals surface area contributed by atoms with Crippen LogP contribution in [0.4, 0.5) is 5.69 Å². The molecule has 0 spiro atoms. The third-order valence-corrected chi connectivity index (χ3v) is 4.83. The number of nitrogens with one attached hydrogen (secondary N) is 1. The van der Waals surface area contributed by atoms with E-state index in [2.05, 4.69) is 5.32 Å². The van der Waals surface area contributed by atoms with Crippen molar-refractivity contribution in [1.82, 2.24) is 9.78 Å². The first-order chi connectivity index (χ1) is 15.1. The molecule has 5 nitrogen and oxygen atoms in total. The van der Waals surface area contributed by atoms with Gasteiger partial charge >= 0.3 is 0 Å². The second-order valence-corrected chi connectivity index (χ2v) is 7.15. The molecular weight excluding hydrogens is 408 g/mol. The Kier molecular flexibility index (Phi) is 5.93. The third-order valence-electron chi connectivity index (χ3n) is 4.58. The summed E-state index contributed by atoms with van der Waals surface area (Å²) in [5.41, 5.74) is 3.63. The van der Waals surface area contributed by atoms with Crippen molar-refractivity contribution in [2.75, 3.05) is 5.32 Å². The maximum atomic E-state index is 12.7. The SMILES string of the molecule is N#C/C(=C\c1cn(-c2ccccc2)nc1-c1ccccc1)C(=O)Nc1ccc(Cl)cc1. The van der Waals surface area contributed by atoms with E-state index in [0.29, 0.717) is 22.0 Å². The molecule has 0 radical (unpaired) electrons. The molecule has 0 atom stereocenters. The van der Waals surface area contributed by atoms with Crippen LogP contribution in [0.1, 0.15) is 5.56 Å². The van der Waals surface area contributed by atoms with E-state index in [1.165, 1.54) is 0 Å². The molecule has 1 amide bonds. The minimum Gasteiger partial charge on any atom is -0.321 e. The van der Waals surface area contributed by atoms with Gasteiger partial charge in [0.25, 0.3) is 5.91 Å². The zero-order valence-corrected chi connectivity index (χ0v) is 17.1. The summed E-state index contributed by atoms with van der Waals surface area (Å²) in [6.07, 6.45) is 3.37. The van der Waals surface area contributed by atoms with Crippen LogP contribution in [0.3, 0.4) is 0 Å². The predicted molar refractivity (Wildman–Crippen MR) is 123 cm³/mol. The Labute approximate surface area is 184 Å². The Hall–Kier alpha value is -4.14. The number of carbonyl (C=O) groups is 1. The van der Waals surface area contributed by atoms with Crippen molar-refractivity contribution < 1.29 is 4.79 Å². The Morgan fingerprint density at radius 3 is 2.26 bits per heavy atom. The van der Waals surface area contributed by atoms with E-state index in [1.54, 1.807) is 35.0 Å². The Morgan fingerprint density at radius 1 is 0.968 bits per heavy atom. The fourth-order valence-corrected chi connectivity index (χ4v) is 3.19.